The van der Waals surface area contributed by atoms with E-state index >= 15 is 0 Å². The Balaban J connectivity index is 1.50. The summed E-state index contributed by atoms with van der Waals surface area (Å²) >= 11 is 0. The largest absolute Gasteiger partial charge is 0.383 e. The molecule has 0 bridgehead atoms. The predicted molar refractivity (Wildman–Crippen MR) is 122 cm³/mol. The smallest absolute Gasteiger partial charge is 0.269 e. The minimum atomic E-state index is -3.59. The molecule has 9 nitrogen and oxygen atoms in total. The summed E-state index contributed by atoms with van der Waals surface area (Å²) in [7, 11) is -1.96. The second kappa shape index (κ2) is 10.6. The Morgan fingerprint density at radius 2 is 1.66 bits per heavy atom. The van der Waals surface area contributed by atoms with E-state index in [9.17, 15) is 23.3 Å². The van der Waals surface area contributed by atoms with Gasteiger partial charge in [-0.1, -0.05) is 19.3 Å². The molecule has 0 heterocycles. The number of amides is 1. The molecule has 1 fully saturated rings. The van der Waals surface area contributed by atoms with Crippen LogP contribution in [0.1, 0.15) is 42.5 Å². The highest BCUT2D eigenvalue weighted by Gasteiger charge is 2.29. The first kappa shape index (κ1) is 23.7. The molecule has 2 aromatic carbocycles. The van der Waals surface area contributed by atoms with E-state index in [0.717, 1.165) is 32.1 Å². The maximum Gasteiger partial charge on any atom is 0.269 e. The quantitative estimate of drug-likeness (QED) is 0.336. The molecule has 0 unspecified atom stereocenters. The van der Waals surface area contributed by atoms with Gasteiger partial charge in [-0.25, -0.2) is 8.42 Å². The fraction of sp³-hybridized carbons (Fsp3) is 0.409. The number of nitro benzene ring substituents is 1. The maximum absolute atomic E-state index is 12.9. The highest BCUT2D eigenvalue weighted by Crippen LogP contribution is 2.26. The molecule has 0 saturated heterocycles. The van der Waals surface area contributed by atoms with Crippen molar-refractivity contribution in [1.82, 2.24) is 9.62 Å². The van der Waals surface area contributed by atoms with Crippen LogP contribution < -0.4 is 10.6 Å². The first-order valence-corrected chi connectivity index (χ1v) is 12.1. The zero-order valence-electron chi connectivity index (χ0n) is 18.0. The molecular weight excluding hydrogens is 432 g/mol. The van der Waals surface area contributed by atoms with Crippen LogP contribution in [0.15, 0.2) is 53.4 Å². The van der Waals surface area contributed by atoms with Crippen LogP contribution in [0.3, 0.4) is 0 Å². The lowest BCUT2D eigenvalue weighted by atomic mass is 9.96. The molecule has 10 heteroatoms. The molecule has 32 heavy (non-hydrogen) atoms. The average molecular weight is 461 g/mol. The van der Waals surface area contributed by atoms with E-state index < -0.39 is 14.9 Å². The second-order valence-electron chi connectivity index (χ2n) is 7.82. The van der Waals surface area contributed by atoms with E-state index in [-0.39, 0.29) is 22.5 Å². The fourth-order valence-corrected chi connectivity index (χ4v) is 5.19. The molecule has 1 saturated carbocycles. The van der Waals surface area contributed by atoms with Crippen molar-refractivity contribution in [1.29, 1.82) is 0 Å². The Morgan fingerprint density at radius 3 is 2.25 bits per heavy atom. The van der Waals surface area contributed by atoms with E-state index in [1.165, 1.54) is 40.7 Å². The standard InChI is InChI=1S/C22H28N4O5S/c1-25(19-5-3-2-4-6-19)32(30,31)21-13-7-17(8-14-21)22(27)24-16-15-23-18-9-11-20(12-10-18)26(28)29/h7-14,19,23H,2-6,15-16H2,1H3,(H,24,27). The Labute approximate surface area is 188 Å². The third-order valence-electron chi connectivity index (χ3n) is 5.70. The summed E-state index contributed by atoms with van der Waals surface area (Å²) < 4.78 is 27.3. The number of nitro groups is 1. The summed E-state index contributed by atoms with van der Waals surface area (Å²) in [5.41, 5.74) is 1.10. The molecule has 0 spiro atoms. The highest BCUT2D eigenvalue weighted by molar-refractivity contribution is 7.89. The van der Waals surface area contributed by atoms with Crippen molar-refractivity contribution in [2.75, 3.05) is 25.5 Å². The van der Waals surface area contributed by atoms with Crippen molar-refractivity contribution in [2.45, 2.75) is 43.0 Å². The van der Waals surface area contributed by atoms with Gasteiger partial charge >= 0.3 is 0 Å². The molecule has 0 aliphatic heterocycles. The van der Waals surface area contributed by atoms with E-state index in [0.29, 0.717) is 24.3 Å². The van der Waals surface area contributed by atoms with Crippen LogP contribution in [0.5, 0.6) is 0 Å². The lowest BCUT2D eigenvalue weighted by Gasteiger charge is -2.30. The Kier molecular flexibility index (Phi) is 7.81. The number of sulfonamides is 1. The van der Waals surface area contributed by atoms with Crippen LogP contribution >= 0.6 is 0 Å². The van der Waals surface area contributed by atoms with Crippen LogP contribution in [-0.2, 0) is 10.0 Å². The van der Waals surface area contributed by atoms with Crippen molar-refractivity contribution >= 4 is 27.3 Å². The predicted octanol–water partition coefficient (Wildman–Crippen LogP) is 3.39. The molecule has 2 N–H and O–H groups in total. The lowest BCUT2D eigenvalue weighted by molar-refractivity contribution is -0.384. The first-order valence-electron chi connectivity index (χ1n) is 10.6. The number of carbonyl (C=O) groups excluding carboxylic acids is 1. The Bertz CT molecular complexity index is 1030. The van der Waals surface area contributed by atoms with Gasteiger partial charge in [0.15, 0.2) is 0 Å². The van der Waals surface area contributed by atoms with Crippen LogP contribution in [-0.4, -0.2) is 49.7 Å². The third-order valence-corrected chi connectivity index (χ3v) is 7.62. The summed E-state index contributed by atoms with van der Waals surface area (Å²) in [6.45, 7) is 0.766. The highest BCUT2D eigenvalue weighted by atomic mass is 32.2. The van der Waals surface area contributed by atoms with Crippen LogP contribution in [0.25, 0.3) is 0 Å². The minimum Gasteiger partial charge on any atom is -0.383 e. The normalized spacial score (nSPS) is 14.8. The molecule has 172 valence electrons. The van der Waals surface area contributed by atoms with Gasteiger partial charge < -0.3 is 10.6 Å². The SMILES string of the molecule is CN(C1CCCCC1)S(=O)(=O)c1ccc(C(=O)NCCNc2ccc([N+](=O)[O-])cc2)cc1. The molecule has 0 atom stereocenters. The molecule has 2 aromatic rings. The van der Waals surface area contributed by atoms with Crippen molar-refractivity contribution in [2.24, 2.45) is 0 Å². The fourth-order valence-electron chi connectivity index (χ4n) is 3.77. The number of benzene rings is 2. The van der Waals surface area contributed by atoms with E-state index in [2.05, 4.69) is 10.6 Å². The van der Waals surface area contributed by atoms with Gasteiger partial charge in [0, 0.05) is 49.6 Å². The monoisotopic (exact) mass is 460 g/mol. The topological polar surface area (TPSA) is 122 Å². The zero-order chi connectivity index (χ0) is 23.1. The number of non-ortho nitro benzene ring substituents is 1. The van der Waals surface area contributed by atoms with Gasteiger partial charge in [0.25, 0.3) is 11.6 Å². The van der Waals surface area contributed by atoms with Crippen molar-refractivity contribution in [3.63, 3.8) is 0 Å². The molecule has 1 amide bonds. The van der Waals surface area contributed by atoms with Crippen LogP contribution in [0.2, 0.25) is 0 Å². The van der Waals surface area contributed by atoms with Gasteiger partial charge in [-0.3, -0.25) is 14.9 Å². The number of hydrogen-bond acceptors (Lipinski definition) is 6. The summed E-state index contributed by atoms with van der Waals surface area (Å²) in [6.07, 6.45) is 5.00. The molecule has 0 radical (unpaired) electrons. The Hall–Kier alpha value is -2.98. The summed E-state index contributed by atoms with van der Waals surface area (Å²) in [4.78, 5) is 22.7. The number of carbonyl (C=O) groups is 1. The maximum atomic E-state index is 12.9. The van der Waals surface area contributed by atoms with Crippen molar-refractivity contribution in [3.8, 4) is 0 Å². The van der Waals surface area contributed by atoms with Crippen LogP contribution in [0, 0.1) is 10.1 Å². The molecular formula is C22H28N4O5S. The Morgan fingerprint density at radius 1 is 1.03 bits per heavy atom. The number of anilines is 1. The van der Waals surface area contributed by atoms with E-state index in [1.807, 2.05) is 0 Å². The number of nitrogens with one attached hydrogen (secondary N) is 2. The lowest BCUT2D eigenvalue weighted by Crippen LogP contribution is -2.38. The average Bonchev–Trinajstić information content (AvgIpc) is 2.82. The second-order valence-corrected chi connectivity index (χ2v) is 9.82. The molecule has 3 rings (SSSR count). The summed E-state index contributed by atoms with van der Waals surface area (Å²) in [6, 6.07) is 12.0. The van der Waals surface area contributed by atoms with Gasteiger partial charge in [-0.05, 0) is 49.2 Å². The van der Waals surface area contributed by atoms with Gasteiger partial charge in [-0.15, -0.1) is 0 Å². The van der Waals surface area contributed by atoms with Crippen molar-refractivity contribution in [3.05, 3.63) is 64.2 Å². The zero-order valence-corrected chi connectivity index (χ0v) is 18.8. The van der Waals surface area contributed by atoms with E-state index in [4.69, 9.17) is 0 Å². The molecule has 1 aliphatic carbocycles. The van der Waals surface area contributed by atoms with Gasteiger partial charge in [0.2, 0.25) is 10.0 Å². The summed E-state index contributed by atoms with van der Waals surface area (Å²) in [5.74, 6) is -0.305. The number of rotatable bonds is 9. The summed E-state index contributed by atoms with van der Waals surface area (Å²) in [5, 5.41) is 16.5. The van der Waals surface area contributed by atoms with Crippen molar-refractivity contribution < 1.29 is 18.1 Å². The number of nitrogens with zero attached hydrogens (tertiary/aromatic N) is 2. The minimum absolute atomic E-state index is 0.0132. The molecule has 0 aromatic heterocycles. The van der Waals surface area contributed by atoms with E-state index in [1.54, 1.807) is 19.2 Å². The van der Waals surface area contributed by atoms with Crippen LogP contribution in [0.4, 0.5) is 11.4 Å². The first-order chi connectivity index (χ1) is 15.3. The van der Waals surface area contributed by atoms with Gasteiger partial charge in [-0.2, -0.15) is 4.31 Å². The number of hydrogen-bond donors (Lipinski definition) is 2. The van der Waals surface area contributed by atoms with Gasteiger partial charge in [0.1, 0.15) is 0 Å². The molecule has 1 aliphatic rings. The third kappa shape index (κ3) is 5.83. The van der Waals surface area contributed by atoms with Gasteiger partial charge in [0.05, 0.1) is 9.82 Å².